The van der Waals surface area contributed by atoms with Crippen LogP contribution >= 0.6 is 0 Å². The molecule has 1 heterocycles. The Labute approximate surface area is 105 Å². The highest BCUT2D eigenvalue weighted by molar-refractivity contribution is 5.98. The van der Waals surface area contributed by atoms with E-state index in [0.29, 0.717) is 12.8 Å². The van der Waals surface area contributed by atoms with E-state index in [4.69, 9.17) is 5.11 Å². The molecule has 0 aliphatic rings. The second-order valence-electron chi connectivity index (χ2n) is 4.21. The molecule has 0 aliphatic carbocycles. The minimum atomic E-state index is -1.37. The van der Waals surface area contributed by atoms with E-state index in [1.165, 1.54) is 25.3 Å². The van der Waals surface area contributed by atoms with Gasteiger partial charge in [-0.3, -0.25) is 4.79 Å². The molecule has 0 spiro atoms. The zero-order valence-corrected chi connectivity index (χ0v) is 10.3. The Morgan fingerprint density at radius 1 is 1.50 bits per heavy atom. The molecule has 0 saturated carbocycles. The molecule has 3 N–H and O–H groups in total. The molecule has 6 heteroatoms. The summed E-state index contributed by atoms with van der Waals surface area (Å²) in [5.74, 6) is -2.10. The van der Waals surface area contributed by atoms with Crippen molar-refractivity contribution in [2.75, 3.05) is 0 Å². The van der Waals surface area contributed by atoms with E-state index < -0.39 is 17.4 Å². The van der Waals surface area contributed by atoms with E-state index in [-0.39, 0.29) is 11.4 Å². The van der Waals surface area contributed by atoms with Gasteiger partial charge in [-0.15, -0.1) is 0 Å². The lowest BCUT2D eigenvalue weighted by Gasteiger charge is -2.25. The molecule has 98 valence electrons. The maximum atomic E-state index is 11.9. The summed E-state index contributed by atoms with van der Waals surface area (Å²) in [5.41, 5.74) is -1.54. The first-order chi connectivity index (χ1) is 8.40. The van der Waals surface area contributed by atoms with Gasteiger partial charge in [-0.1, -0.05) is 13.3 Å². The first-order valence-electron chi connectivity index (χ1n) is 5.60. The van der Waals surface area contributed by atoms with Crippen molar-refractivity contribution in [2.24, 2.45) is 0 Å². The molecule has 6 nitrogen and oxygen atoms in total. The Balaban J connectivity index is 2.93. The zero-order valence-electron chi connectivity index (χ0n) is 10.3. The standard InChI is InChI=1S/C12H16N2O4/c1-3-6-12(2,11(17)18)14-10(16)9-8(15)5-4-7-13-9/h4-5,7,15H,3,6H2,1-2H3,(H,14,16)(H,17,18). The Morgan fingerprint density at radius 3 is 2.67 bits per heavy atom. The molecule has 1 aromatic rings. The fourth-order valence-corrected chi connectivity index (χ4v) is 1.60. The lowest BCUT2D eigenvalue weighted by Crippen LogP contribution is -2.52. The highest BCUT2D eigenvalue weighted by Gasteiger charge is 2.34. The third kappa shape index (κ3) is 2.97. The van der Waals surface area contributed by atoms with Crippen LogP contribution in [0.5, 0.6) is 5.75 Å². The number of carbonyl (C=O) groups is 2. The summed E-state index contributed by atoms with van der Waals surface area (Å²) in [6.07, 6.45) is 2.26. The van der Waals surface area contributed by atoms with Crippen LogP contribution in [-0.4, -0.2) is 32.6 Å². The SMILES string of the molecule is CCCC(C)(NC(=O)c1ncccc1O)C(=O)O. The molecule has 0 bridgehead atoms. The van der Waals surface area contributed by atoms with Crippen molar-refractivity contribution in [3.05, 3.63) is 24.0 Å². The van der Waals surface area contributed by atoms with Crippen LogP contribution in [0.15, 0.2) is 18.3 Å². The monoisotopic (exact) mass is 252 g/mol. The maximum absolute atomic E-state index is 11.9. The topological polar surface area (TPSA) is 99.5 Å². The molecule has 0 saturated heterocycles. The second-order valence-corrected chi connectivity index (χ2v) is 4.21. The van der Waals surface area contributed by atoms with E-state index in [2.05, 4.69) is 10.3 Å². The number of hydrogen-bond donors (Lipinski definition) is 3. The average Bonchev–Trinajstić information content (AvgIpc) is 2.29. The van der Waals surface area contributed by atoms with E-state index in [9.17, 15) is 14.7 Å². The summed E-state index contributed by atoms with van der Waals surface area (Å²) in [5, 5.41) is 21.0. The summed E-state index contributed by atoms with van der Waals surface area (Å²) in [4.78, 5) is 26.8. The highest BCUT2D eigenvalue weighted by Crippen LogP contribution is 2.17. The number of aliphatic carboxylic acids is 1. The lowest BCUT2D eigenvalue weighted by atomic mass is 9.96. The Morgan fingerprint density at radius 2 is 2.17 bits per heavy atom. The van der Waals surface area contributed by atoms with Crippen molar-refractivity contribution in [3.8, 4) is 5.75 Å². The molecule has 1 atom stereocenters. The van der Waals surface area contributed by atoms with E-state index >= 15 is 0 Å². The Bertz CT molecular complexity index is 461. The molecule has 1 aromatic heterocycles. The van der Waals surface area contributed by atoms with Gasteiger partial charge in [-0.2, -0.15) is 0 Å². The van der Waals surface area contributed by atoms with Crippen molar-refractivity contribution < 1.29 is 19.8 Å². The smallest absolute Gasteiger partial charge is 0.329 e. The first-order valence-corrected chi connectivity index (χ1v) is 5.60. The molecular formula is C12H16N2O4. The predicted molar refractivity (Wildman–Crippen MR) is 64.3 cm³/mol. The number of pyridine rings is 1. The number of aromatic hydroxyl groups is 1. The molecule has 0 aliphatic heterocycles. The molecule has 18 heavy (non-hydrogen) atoms. The number of rotatable bonds is 5. The van der Waals surface area contributed by atoms with Gasteiger partial charge in [0.1, 0.15) is 11.3 Å². The second kappa shape index (κ2) is 5.48. The number of nitrogens with zero attached hydrogens (tertiary/aromatic N) is 1. The fraction of sp³-hybridized carbons (Fsp3) is 0.417. The van der Waals surface area contributed by atoms with Gasteiger partial charge >= 0.3 is 5.97 Å². The van der Waals surface area contributed by atoms with Crippen LogP contribution in [0.4, 0.5) is 0 Å². The number of aromatic nitrogens is 1. The highest BCUT2D eigenvalue weighted by atomic mass is 16.4. The average molecular weight is 252 g/mol. The molecule has 1 unspecified atom stereocenters. The van der Waals surface area contributed by atoms with Crippen LogP contribution in [0.25, 0.3) is 0 Å². The van der Waals surface area contributed by atoms with Crippen molar-refractivity contribution in [1.29, 1.82) is 0 Å². The van der Waals surface area contributed by atoms with Gasteiger partial charge in [0, 0.05) is 6.20 Å². The van der Waals surface area contributed by atoms with E-state index in [1.807, 2.05) is 6.92 Å². The lowest BCUT2D eigenvalue weighted by molar-refractivity contribution is -0.144. The summed E-state index contributed by atoms with van der Waals surface area (Å²) >= 11 is 0. The van der Waals surface area contributed by atoms with Gasteiger partial charge in [0.15, 0.2) is 5.69 Å². The summed E-state index contributed by atoms with van der Waals surface area (Å²) in [6.45, 7) is 3.25. The molecule has 1 amide bonds. The van der Waals surface area contributed by atoms with Crippen LogP contribution in [0.1, 0.15) is 37.2 Å². The number of nitrogens with one attached hydrogen (secondary N) is 1. The normalized spacial score (nSPS) is 13.7. The molecule has 0 radical (unpaired) electrons. The van der Waals surface area contributed by atoms with Gasteiger partial charge in [0.2, 0.25) is 0 Å². The minimum Gasteiger partial charge on any atom is -0.505 e. The first kappa shape index (κ1) is 14.0. The zero-order chi connectivity index (χ0) is 13.8. The van der Waals surface area contributed by atoms with Crippen molar-refractivity contribution in [1.82, 2.24) is 10.3 Å². The summed E-state index contributed by atoms with van der Waals surface area (Å²) in [7, 11) is 0. The predicted octanol–water partition coefficient (Wildman–Crippen LogP) is 1.16. The van der Waals surface area contributed by atoms with Gasteiger partial charge in [-0.05, 0) is 25.5 Å². The largest absolute Gasteiger partial charge is 0.505 e. The number of hydrogen-bond acceptors (Lipinski definition) is 4. The molecule has 0 aromatic carbocycles. The summed E-state index contributed by atoms with van der Waals surface area (Å²) in [6, 6.07) is 2.80. The van der Waals surface area contributed by atoms with Gasteiger partial charge < -0.3 is 15.5 Å². The van der Waals surface area contributed by atoms with Crippen LogP contribution in [0.3, 0.4) is 0 Å². The van der Waals surface area contributed by atoms with Gasteiger partial charge in [0.05, 0.1) is 0 Å². The fourth-order valence-electron chi connectivity index (χ4n) is 1.60. The number of amides is 1. The van der Waals surface area contributed by atoms with E-state index in [0.717, 1.165) is 0 Å². The third-order valence-corrected chi connectivity index (χ3v) is 2.61. The van der Waals surface area contributed by atoms with Crippen LogP contribution in [0.2, 0.25) is 0 Å². The Hall–Kier alpha value is -2.11. The van der Waals surface area contributed by atoms with Crippen molar-refractivity contribution >= 4 is 11.9 Å². The Kier molecular flexibility index (Phi) is 4.25. The molecule has 1 rings (SSSR count). The maximum Gasteiger partial charge on any atom is 0.329 e. The quantitative estimate of drug-likeness (QED) is 0.730. The van der Waals surface area contributed by atoms with Crippen molar-refractivity contribution in [3.63, 3.8) is 0 Å². The molecule has 0 fully saturated rings. The third-order valence-electron chi connectivity index (χ3n) is 2.61. The van der Waals surface area contributed by atoms with Gasteiger partial charge in [-0.25, -0.2) is 9.78 Å². The van der Waals surface area contributed by atoms with Crippen LogP contribution in [-0.2, 0) is 4.79 Å². The number of carbonyl (C=O) groups excluding carboxylic acids is 1. The van der Waals surface area contributed by atoms with E-state index in [1.54, 1.807) is 0 Å². The van der Waals surface area contributed by atoms with Crippen LogP contribution in [0, 0.1) is 0 Å². The van der Waals surface area contributed by atoms with Crippen molar-refractivity contribution in [2.45, 2.75) is 32.2 Å². The minimum absolute atomic E-state index is 0.180. The summed E-state index contributed by atoms with van der Waals surface area (Å²) < 4.78 is 0. The number of carboxylic acid groups (broad SMARTS) is 1. The molecular weight excluding hydrogens is 236 g/mol. The van der Waals surface area contributed by atoms with Gasteiger partial charge in [0.25, 0.3) is 5.91 Å². The number of carboxylic acids is 1. The van der Waals surface area contributed by atoms with Crippen LogP contribution < -0.4 is 5.32 Å².